The average Bonchev–Trinajstić information content (AvgIpc) is 2.09. The number of nitrogens with two attached hydrogens (primary N) is 1. The molecule has 13 heavy (non-hydrogen) atoms. The van der Waals surface area contributed by atoms with Gasteiger partial charge in [-0.05, 0) is 6.92 Å². The fourth-order valence-electron chi connectivity index (χ4n) is 0.873. The lowest BCUT2D eigenvalue weighted by Crippen LogP contribution is -2.01. The minimum atomic E-state index is -0.957. The van der Waals surface area contributed by atoms with E-state index in [4.69, 9.17) is 22.1 Å². The van der Waals surface area contributed by atoms with E-state index in [1.54, 1.807) is 6.92 Å². The number of nitrogen functional groups attached to an aromatic ring is 1. The zero-order valence-corrected chi connectivity index (χ0v) is 7.66. The second kappa shape index (κ2) is 3.79. The normalized spacial score (nSPS) is 10.2. The van der Waals surface area contributed by atoms with Crippen LogP contribution < -0.4 is 10.5 Å². The molecule has 2 N–H and O–H groups in total. The maximum atomic E-state index is 13.1. The predicted octanol–water partition coefficient (Wildman–Crippen LogP) is 2.60. The van der Waals surface area contributed by atoms with Gasteiger partial charge in [-0.15, -0.1) is 0 Å². The standard InChI is InChI=1S/C8H8ClF2NO/c1-2-13-8-4(10)3-5(12)6(9)7(8)11/h3H,2,12H2,1H3. The lowest BCUT2D eigenvalue weighted by atomic mass is 10.3. The molecule has 72 valence electrons. The number of rotatable bonds is 2. The van der Waals surface area contributed by atoms with Crippen molar-refractivity contribution in [1.29, 1.82) is 0 Å². The zero-order chi connectivity index (χ0) is 10.0. The molecule has 0 heterocycles. The SMILES string of the molecule is CCOc1c(F)cc(N)c(Cl)c1F. The highest BCUT2D eigenvalue weighted by molar-refractivity contribution is 6.33. The quantitative estimate of drug-likeness (QED) is 0.598. The van der Waals surface area contributed by atoms with E-state index in [0.717, 1.165) is 6.07 Å². The first-order chi connectivity index (χ1) is 6.07. The molecule has 1 aromatic carbocycles. The van der Waals surface area contributed by atoms with Crippen LogP contribution >= 0.6 is 11.6 Å². The average molecular weight is 208 g/mol. The molecular weight excluding hydrogens is 200 g/mol. The van der Waals surface area contributed by atoms with Crippen molar-refractivity contribution in [3.05, 3.63) is 22.7 Å². The summed E-state index contributed by atoms with van der Waals surface area (Å²) in [6.07, 6.45) is 0. The van der Waals surface area contributed by atoms with Gasteiger partial charge in [0.25, 0.3) is 0 Å². The molecular formula is C8H8ClF2NO. The van der Waals surface area contributed by atoms with Crippen LogP contribution in [-0.4, -0.2) is 6.61 Å². The van der Waals surface area contributed by atoms with Crippen LogP contribution in [0.2, 0.25) is 5.02 Å². The summed E-state index contributed by atoms with van der Waals surface area (Å²) in [7, 11) is 0. The van der Waals surface area contributed by atoms with E-state index in [1.165, 1.54) is 0 Å². The van der Waals surface area contributed by atoms with E-state index >= 15 is 0 Å². The Morgan fingerprint density at radius 2 is 2.15 bits per heavy atom. The third kappa shape index (κ3) is 1.83. The minimum Gasteiger partial charge on any atom is -0.488 e. The Balaban J connectivity index is 3.26. The molecule has 0 saturated carbocycles. The smallest absolute Gasteiger partial charge is 0.192 e. The Morgan fingerprint density at radius 1 is 1.54 bits per heavy atom. The summed E-state index contributed by atoms with van der Waals surface area (Å²) in [5, 5.41) is -0.315. The van der Waals surface area contributed by atoms with Crippen molar-refractivity contribution in [1.82, 2.24) is 0 Å². The monoisotopic (exact) mass is 207 g/mol. The second-order valence-electron chi connectivity index (χ2n) is 2.34. The third-order valence-electron chi connectivity index (χ3n) is 1.43. The maximum Gasteiger partial charge on any atom is 0.192 e. The van der Waals surface area contributed by atoms with Gasteiger partial charge in [-0.25, -0.2) is 8.78 Å². The molecule has 0 aliphatic heterocycles. The summed E-state index contributed by atoms with van der Waals surface area (Å²) >= 11 is 5.44. The van der Waals surface area contributed by atoms with E-state index in [9.17, 15) is 8.78 Å². The van der Waals surface area contributed by atoms with Crippen molar-refractivity contribution in [2.45, 2.75) is 6.92 Å². The summed E-state index contributed by atoms with van der Waals surface area (Å²) < 4.78 is 30.8. The second-order valence-corrected chi connectivity index (χ2v) is 2.72. The number of ether oxygens (including phenoxy) is 1. The van der Waals surface area contributed by atoms with Crippen LogP contribution in [0.5, 0.6) is 5.75 Å². The number of halogens is 3. The van der Waals surface area contributed by atoms with Gasteiger partial charge in [0.05, 0.1) is 12.3 Å². The van der Waals surface area contributed by atoms with E-state index in [2.05, 4.69) is 0 Å². The molecule has 5 heteroatoms. The van der Waals surface area contributed by atoms with Crippen LogP contribution in [-0.2, 0) is 0 Å². The fraction of sp³-hybridized carbons (Fsp3) is 0.250. The molecule has 2 nitrogen and oxygen atoms in total. The number of hydrogen-bond donors (Lipinski definition) is 1. The van der Waals surface area contributed by atoms with Gasteiger partial charge in [0.15, 0.2) is 17.4 Å². The van der Waals surface area contributed by atoms with Crippen LogP contribution in [0, 0.1) is 11.6 Å². The molecule has 0 bridgehead atoms. The first-order valence-corrected chi connectivity index (χ1v) is 4.01. The molecule has 0 aromatic heterocycles. The summed E-state index contributed by atoms with van der Waals surface area (Å²) in [5.74, 6) is -2.29. The summed E-state index contributed by atoms with van der Waals surface area (Å²) in [5.41, 5.74) is 5.08. The van der Waals surface area contributed by atoms with Gasteiger partial charge >= 0.3 is 0 Å². The predicted molar refractivity (Wildman–Crippen MR) is 46.9 cm³/mol. The van der Waals surface area contributed by atoms with Crippen LogP contribution in [0.1, 0.15) is 6.92 Å². The van der Waals surface area contributed by atoms with Crippen molar-refractivity contribution in [3.63, 3.8) is 0 Å². The highest BCUT2D eigenvalue weighted by Crippen LogP contribution is 2.32. The molecule has 0 amide bonds. The first kappa shape index (κ1) is 10.1. The Kier molecular flexibility index (Phi) is 2.93. The van der Waals surface area contributed by atoms with Gasteiger partial charge in [-0.2, -0.15) is 0 Å². The van der Waals surface area contributed by atoms with Gasteiger partial charge in [-0.1, -0.05) is 11.6 Å². The lowest BCUT2D eigenvalue weighted by molar-refractivity contribution is 0.303. The van der Waals surface area contributed by atoms with Crippen LogP contribution in [0.25, 0.3) is 0 Å². The Morgan fingerprint density at radius 3 is 2.69 bits per heavy atom. The molecule has 0 saturated heterocycles. The van der Waals surface area contributed by atoms with E-state index in [1.807, 2.05) is 0 Å². The molecule has 0 aliphatic rings. The van der Waals surface area contributed by atoms with Crippen LogP contribution in [0.15, 0.2) is 6.07 Å². The van der Waals surface area contributed by atoms with Gasteiger partial charge in [-0.3, -0.25) is 0 Å². The van der Waals surface area contributed by atoms with Crippen LogP contribution in [0.4, 0.5) is 14.5 Å². The molecule has 1 rings (SSSR count). The van der Waals surface area contributed by atoms with E-state index in [0.29, 0.717) is 0 Å². The van der Waals surface area contributed by atoms with Crippen molar-refractivity contribution < 1.29 is 13.5 Å². The Labute approximate surface area is 79.2 Å². The molecule has 0 unspecified atom stereocenters. The lowest BCUT2D eigenvalue weighted by Gasteiger charge is -2.08. The van der Waals surface area contributed by atoms with Gasteiger partial charge in [0, 0.05) is 6.07 Å². The van der Waals surface area contributed by atoms with Gasteiger partial charge in [0.2, 0.25) is 0 Å². The molecule has 0 aliphatic carbocycles. The number of benzene rings is 1. The third-order valence-corrected chi connectivity index (χ3v) is 1.82. The highest BCUT2D eigenvalue weighted by Gasteiger charge is 2.16. The fourth-order valence-corrected chi connectivity index (χ4v) is 1.01. The maximum absolute atomic E-state index is 13.1. The topological polar surface area (TPSA) is 35.2 Å². The Bertz CT molecular complexity index is 330. The first-order valence-electron chi connectivity index (χ1n) is 3.63. The van der Waals surface area contributed by atoms with Crippen molar-refractivity contribution in [2.75, 3.05) is 12.3 Å². The van der Waals surface area contributed by atoms with Gasteiger partial charge < -0.3 is 10.5 Å². The van der Waals surface area contributed by atoms with Crippen molar-refractivity contribution in [2.24, 2.45) is 0 Å². The Hall–Kier alpha value is -1.03. The van der Waals surface area contributed by atoms with Gasteiger partial charge in [0.1, 0.15) is 5.02 Å². The number of anilines is 1. The van der Waals surface area contributed by atoms with Crippen molar-refractivity contribution >= 4 is 17.3 Å². The largest absolute Gasteiger partial charge is 0.488 e. The molecule has 0 radical (unpaired) electrons. The summed E-state index contributed by atoms with van der Waals surface area (Å²) in [6.45, 7) is 1.78. The molecule has 0 fully saturated rings. The van der Waals surface area contributed by atoms with E-state index in [-0.39, 0.29) is 17.3 Å². The minimum absolute atomic E-state index is 0.139. The number of hydrogen-bond acceptors (Lipinski definition) is 2. The summed E-state index contributed by atoms with van der Waals surface area (Å²) in [4.78, 5) is 0. The van der Waals surface area contributed by atoms with E-state index < -0.39 is 17.4 Å². The highest BCUT2D eigenvalue weighted by atomic mass is 35.5. The molecule has 0 spiro atoms. The van der Waals surface area contributed by atoms with Crippen LogP contribution in [0.3, 0.4) is 0 Å². The zero-order valence-electron chi connectivity index (χ0n) is 6.90. The molecule has 0 atom stereocenters. The molecule has 1 aromatic rings. The van der Waals surface area contributed by atoms with Crippen molar-refractivity contribution in [3.8, 4) is 5.75 Å². The summed E-state index contributed by atoms with van der Waals surface area (Å²) in [6, 6.07) is 0.927.